The molecule has 18 heavy (non-hydrogen) atoms. The van der Waals surface area contributed by atoms with E-state index < -0.39 is 5.38 Å². The molecule has 5 heteroatoms. The molecule has 0 nitrogen and oxygen atoms in total. The smallest absolute Gasteiger partial charge is 0.129 e. The van der Waals surface area contributed by atoms with Gasteiger partial charge in [0, 0.05) is 10.0 Å². The molecule has 94 valence electrons. The fourth-order valence-corrected chi connectivity index (χ4v) is 2.51. The second-order valence-corrected chi connectivity index (χ2v) is 5.87. The molecule has 1 unspecified atom stereocenters. The first-order valence-electron chi connectivity index (χ1n) is 5.03. The van der Waals surface area contributed by atoms with Gasteiger partial charge in [-0.05, 0) is 29.8 Å². The molecule has 0 saturated carbocycles. The van der Waals surface area contributed by atoms with Gasteiger partial charge in [0.15, 0.2) is 0 Å². The van der Waals surface area contributed by atoms with Gasteiger partial charge in [0.2, 0.25) is 0 Å². The summed E-state index contributed by atoms with van der Waals surface area (Å²) in [7, 11) is 0. The average Bonchev–Trinajstić information content (AvgIpc) is 2.32. The molecule has 0 bridgehead atoms. The molecule has 0 N–H and O–H groups in total. The summed E-state index contributed by atoms with van der Waals surface area (Å²) in [5.41, 5.74) is 1.10. The number of hydrogen-bond acceptors (Lipinski definition) is 0. The van der Waals surface area contributed by atoms with Crippen molar-refractivity contribution in [2.24, 2.45) is 0 Å². The second kappa shape index (κ2) is 5.79. The van der Waals surface area contributed by atoms with E-state index >= 15 is 0 Å². The van der Waals surface area contributed by atoms with E-state index in [4.69, 9.17) is 34.8 Å². The van der Waals surface area contributed by atoms with Gasteiger partial charge in [-0.1, -0.05) is 51.3 Å². The van der Waals surface area contributed by atoms with E-state index in [0.717, 1.165) is 0 Å². The molecule has 0 aliphatic rings. The SMILES string of the molecule is Fc1cc(Br)ccc1C(Cl)c1ccc(Cl)c(Cl)c1. The Bertz CT molecular complexity index is 586. The minimum Gasteiger partial charge on any atom is -0.207 e. The number of benzene rings is 2. The van der Waals surface area contributed by atoms with Crippen molar-refractivity contribution in [3.05, 3.63) is 67.9 Å². The Kier molecular flexibility index (Phi) is 4.54. The monoisotopic (exact) mass is 366 g/mol. The Morgan fingerprint density at radius 1 is 1.00 bits per heavy atom. The van der Waals surface area contributed by atoms with Crippen LogP contribution in [-0.2, 0) is 0 Å². The van der Waals surface area contributed by atoms with E-state index in [1.54, 1.807) is 30.3 Å². The van der Waals surface area contributed by atoms with Gasteiger partial charge in [-0.15, -0.1) is 11.6 Å². The van der Waals surface area contributed by atoms with Crippen molar-refractivity contribution in [2.75, 3.05) is 0 Å². The van der Waals surface area contributed by atoms with Gasteiger partial charge in [-0.25, -0.2) is 4.39 Å². The van der Waals surface area contributed by atoms with Crippen LogP contribution in [0.2, 0.25) is 10.0 Å². The number of halogens is 5. The summed E-state index contributed by atoms with van der Waals surface area (Å²) in [5, 5.41) is 0.241. The van der Waals surface area contributed by atoms with Crippen LogP contribution in [0.4, 0.5) is 4.39 Å². The minimum absolute atomic E-state index is 0.365. The highest BCUT2D eigenvalue weighted by Crippen LogP contribution is 2.34. The van der Waals surface area contributed by atoms with Gasteiger partial charge in [0.25, 0.3) is 0 Å². The molecule has 0 aromatic heterocycles. The maximum Gasteiger partial charge on any atom is 0.129 e. The highest BCUT2D eigenvalue weighted by molar-refractivity contribution is 9.10. The van der Waals surface area contributed by atoms with E-state index in [1.807, 2.05) is 0 Å². The van der Waals surface area contributed by atoms with Crippen LogP contribution < -0.4 is 0 Å². The fraction of sp³-hybridized carbons (Fsp3) is 0.0769. The molecule has 0 fully saturated rings. The first kappa shape index (κ1) is 14.1. The van der Waals surface area contributed by atoms with Gasteiger partial charge in [-0.3, -0.25) is 0 Å². The van der Waals surface area contributed by atoms with Crippen molar-refractivity contribution >= 4 is 50.7 Å². The van der Waals surface area contributed by atoms with E-state index in [1.165, 1.54) is 6.07 Å². The van der Waals surface area contributed by atoms with E-state index in [-0.39, 0.29) is 5.82 Å². The summed E-state index contributed by atoms with van der Waals surface area (Å²) in [4.78, 5) is 0. The second-order valence-electron chi connectivity index (χ2n) is 3.70. The van der Waals surface area contributed by atoms with Crippen LogP contribution in [0.15, 0.2) is 40.9 Å². The molecule has 2 aromatic rings. The predicted octanol–water partition coefficient (Wildman–Crippen LogP) is 6.22. The average molecular weight is 368 g/mol. The molecular formula is C13H7BrCl3F. The molecule has 1 atom stereocenters. The van der Waals surface area contributed by atoms with Gasteiger partial charge in [0.1, 0.15) is 5.82 Å². The summed E-state index contributed by atoms with van der Waals surface area (Å²) in [6, 6.07) is 9.77. The largest absolute Gasteiger partial charge is 0.207 e. The maximum absolute atomic E-state index is 13.8. The Hall–Kier alpha value is -0.280. The number of alkyl halides is 1. The standard InChI is InChI=1S/C13H7BrCl3F/c14-8-2-3-9(12(18)6-8)13(17)7-1-4-10(15)11(16)5-7/h1-6,13H. The lowest BCUT2D eigenvalue weighted by molar-refractivity contribution is 0.611. The maximum atomic E-state index is 13.8. The summed E-state index contributed by atoms with van der Waals surface area (Å²) in [5.74, 6) is -0.365. The first-order chi connectivity index (χ1) is 8.49. The third-order valence-corrected chi connectivity index (χ3v) is 4.19. The van der Waals surface area contributed by atoms with Crippen molar-refractivity contribution < 1.29 is 4.39 Å². The van der Waals surface area contributed by atoms with Crippen LogP contribution in [0.3, 0.4) is 0 Å². The van der Waals surface area contributed by atoms with E-state index in [2.05, 4.69) is 15.9 Å². The third kappa shape index (κ3) is 3.00. The van der Waals surface area contributed by atoms with Crippen LogP contribution in [-0.4, -0.2) is 0 Å². The minimum atomic E-state index is -0.604. The van der Waals surface area contributed by atoms with Gasteiger partial charge < -0.3 is 0 Å². The molecular weight excluding hydrogens is 361 g/mol. The van der Waals surface area contributed by atoms with Crippen molar-refractivity contribution in [1.82, 2.24) is 0 Å². The highest BCUT2D eigenvalue weighted by Gasteiger charge is 2.16. The summed E-state index contributed by atoms with van der Waals surface area (Å²) < 4.78 is 14.5. The highest BCUT2D eigenvalue weighted by atomic mass is 79.9. The summed E-state index contributed by atoms with van der Waals surface area (Å²) >= 11 is 21.2. The first-order valence-corrected chi connectivity index (χ1v) is 7.01. The zero-order valence-electron chi connectivity index (χ0n) is 8.93. The molecule has 0 spiro atoms. The Balaban J connectivity index is 2.41. The van der Waals surface area contributed by atoms with Crippen LogP contribution in [0.5, 0.6) is 0 Å². The zero-order chi connectivity index (χ0) is 13.3. The molecule has 0 radical (unpaired) electrons. The van der Waals surface area contributed by atoms with Gasteiger partial charge in [-0.2, -0.15) is 0 Å². The van der Waals surface area contributed by atoms with Crippen LogP contribution in [0.25, 0.3) is 0 Å². The van der Waals surface area contributed by atoms with Crippen molar-refractivity contribution in [3.63, 3.8) is 0 Å². The van der Waals surface area contributed by atoms with Gasteiger partial charge in [0.05, 0.1) is 15.4 Å². The van der Waals surface area contributed by atoms with E-state index in [0.29, 0.717) is 25.6 Å². The van der Waals surface area contributed by atoms with Crippen molar-refractivity contribution in [3.8, 4) is 0 Å². The predicted molar refractivity (Wildman–Crippen MR) is 78.3 cm³/mol. The Labute approximate surface area is 128 Å². The molecule has 0 aliphatic heterocycles. The summed E-state index contributed by atoms with van der Waals surface area (Å²) in [6.45, 7) is 0. The molecule has 0 heterocycles. The third-order valence-electron chi connectivity index (χ3n) is 2.47. The van der Waals surface area contributed by atoms with Crippen LogP contribution in [0.1, 0.15) is 16.5 Å². The lowest BCUT2D eigenvalue weighted by atomic mass is 10.0. The zero-order valence-corrected chi connectivity index (χ0v) is 12.8. The summed E-state index contributed by atoms with van der Waals surface area (Å²) in [6.07, 6.45) is 0. The molecule has 2 aromatic carbocycles. The Morgan fingerprint density at radius 3 is 2.33 bits per heavy atom. The van der Waals surface area contributed by atoms with Gasteiger partial charge >= 0.3 is 0 Å². The van der Waals surface area contributed by atoms with Crippen LogP contribution >= 0.6 is 50.7 Å². The fourth-order valence-electron chi connectivity index (χ4n) is 1.56. The number of rotatable bonds is 2. The molecule has 0 amide bonds. The number of hydrogen-bond donors (Lipinski definition) is 0. The van der Waals surface area contributed by atoms with Crippen LogP contribution in [0, 0.1) is 5.82 Å². The normalized spacial score (nSPS) is 12.5. The lowest BCUT2D eigenvalue weighted by Crippen LogP contribution is -1.97. The lowest BCUT2D eigenvalue weighted by Gasteiger charge is -2.12. The molecule has 0 saturated heterocycles. The quantitative estimate of drug-likeness (QED) is 0.552. The molecule has 0 aliphatic carbocycles. The molecule has 2 rings (SSSR count). The Morgan fingerprint density at radius 2 is 1.72 bits per heavy atom. The van der Waals surface area contributed by atoms with Crippen molar-refractivity contribution in [2.45, 2.75) is 5.38 Å². The topological polar surface area (TPSA) is 0 Å². The van der Waals surface area contributed by atoms with E-state index in [9.17, 15) is 4.39 Å². The van der Waals surface area contributed by atoms with Crippen molar-refractivity contribution in [1.29, 1.82) is 0 Å².